The van der Waals surface area contributed by atoms with Gasteiger partial charge in [0, 0.05) is 0 Å². The van der Waals surface area contributed by atoms with E-state index < -0.39 is 28.5 Å². The zero-order chi connectivity index (χ0) is 14.7. The average Bonchev–Trinajstić information content (AvgIpc) is 2.79. The summed E-state index contributed by atoms with van der Waals surface area (Å²) in [5, 5.41) is 10.2. The molecule has 0 aliphatic carbocycles. The molecule has 4 nitrogen and oxygen atoms in total. The molecule has 1 atom stereocenters. The summed E-state index contributed by atoms with van der Waals surface area (Å²) in [4.78, 5) is 11.9. The molecule has 0 bridgehead atoms. The number of carbonyl (C=O) groups excluding carboxylic acids is 1. The second-order valence-electron chi connectivity index (χ2n) is 3.93. The largest absolute Gasteiger partial charge is 0.320 e. The first-order valence-corrected chi connectivity index (χ1v) is 7.38. The minimum Gasteiger partial charge on any atom is -0.320 e. The second kappa shape index (κ2) is 6.27. The monoisotopic (exact) mass is 315 g/mol. The maximum atomic E-state index is 13.4. The number of aromatic nitrogens is 2. The predicted octanol–water partition coefficient (Wildman–Crippen LogP) is 3.24. The summed E-state index contributed by atoms with van der Waals surface area (Å²) in [5.41, 5.74) is -0.432. The predicted molar refractivity (Wildman–Crippen MR) is 75.0 cm³/mol. The number of amides is 1. The van der Waals surface area contributed by atoms with Gasteiger partial charge in [0.2, 0.25) is 5.91 Å². The van der Waals surface area contributed by atoms with Gasteiger partial charge in [0.25, 0.3) is 0 Å². The molecule has 2 aromatic rings. The molecule has 0 aliphatic rings. The van der Waals surface area contributed by atoms with Crippen LogP contribution in [0.1, 0.15) is 11.9 Å². The van der Waals surface area contributed by atoms with E-state index in [1.807, 2.05) is 0 Å². The Bertz CT molecular complexity index is 613. The summed E-state index contributed by atoms with van der Waals surface area (Å²) in [6, 6.07) is 3.41. The van der Waals surface area contributed by atoms with E-state index >= 15 is 0 Å². The van der Waals surface area contributed by atoms with E-state index in [0.717, 1.165) is 17.1 Å². The van der Waals surface area contributed by atoms with Crippen molar-refractivity contribution >= 4 is 34.7 Å². The maximum absolute atomic E-state index is 13.4. The van der Waals surface area contributed by atoms with Gasteiger partial charge < -0.3 is 5.32 Å². The Labute approximate surface area is 122 Å². The number of benzene rings is 1. The first-order valence-electron chi connectivity index (χ1n) is 5.69. The van der Waals surface area contributed by atoms with Crippen LogP contribution in [0, 0.1) is 18.6 Å². The number of thioether (sulfide) groups is 1. The van der Waals surface area contributed by atoms with Crippen LogP contribution in [0.15, 0.2) is 22.5 Å². The smallest absolute Gasteiger partial charge is 0.237 e. The Balaban J connectivity index is 2.04. The van der Waals surface area contributed by atoms with Crippen LogP contribution in [-0.2, 0) is 4.79 Å². The number of halogens is 2. The van der Waals surface area contributed by atoms with E-state index in [2.05, 4.69) is 15.5 Å². The molecule has 1 heterocycles. The van der Waals surface area contributed by atoms with Crippen molar-refractivity contribution in [3.63, 3.8) is 0 Å². The molecule has 106 valence electrons. The highest BCUT2D eigenvalue weighted by Crippen LogP contribution is 2.27. The van der Waals surface area contributed by atoms with Gasteiger partial charge in [0.1, 0.15) is 22.3 Å². The first-order chi connectivity index (χ1) is 9.47. The molecule has 0 radical (unpaired) electrons. The fraction of sp³-hybridized carbons (Fsp3) is 0.250. The quantitative estimate of drug-likeness (QED) is 0.880. The topological polar surface area (TPSA) is 54.9 Å². The molecule has 20 heavy (non-hydrogen) atoms. The maximum Gasteiger partial charge on any atom is 0.237 e. The van der Waals surface area contributed by atoms with Crippen molar-refractivity contribution in [3.8, 4) is 0 Å². The van der Waals surface area contributed by atoms with Crippen molar-refractivity contribution in [1.29, 1.82) is 0 Å². The van der Waals surface area contributed by atoms with Gasteiger partial charge in [-0.15, -0.1) is 10.2 Å². The van der Waals surface area contributed by atoms with Crippen LogP contribution >= 0.6 is 23.1 Å². The van der Waals surface area contributed by atoms with Crippen LogP contribution in [0.3, 0.4) is 0 Å². The summed E-state index contributed by atoms with van der Waals surface area (Å²) < 4.78 is 27.5. The van der Waals surface area contributed by atoms with Crippen molar-refractivity contribution in [1.82, 2.24) is 10.2 Å². The first kappa shape index (κ1) is 14.9. The highest BCUT2D eigenvalue weighted by molar-refractivity contribution is 8.02. The summed E-state index contributed by atoms with van der Waals surface area (Å²) in [5.74, 6) is -2.10. The molecular weight excluding hydrogens is 304 g/mol. The summed E-state index contributed by atoms with van der Waals surface area (Å²) in [7, 11) is 0. The lowest BCUT2D eigenvalue weighted by Gasteiger charge is -2.11. The summed E-state index contributed by atoms with van der Waals surface area (Å²) in [6.07, 6.45) is 0. The molecular formula is C12H11F2N3OS2. The molecule has 0 spiro atoms. The van der Waals surface area contributed by atoms with Gasteiger partial charge in [0.15, 0.2) is 4.34 Å². The van der Waals surface area contributed by atoms with E-state index in [9.17, 15) is 13.6 Å². The molecule has 1 aromatic heterocycles. The van der Waals surface area contributed by atoms with Gasteiger partial charge in [-0.3, -0.25) is 4.79 Å². The van der Waals surface area contributed by atoms with Gasteiger partial charge in [-0.25, -0.2) is 8.78 Å². The molecule has 2 rings (SSSR count). The minimum absolute atomic E-state index is 0.432. The number of hydrogen-bond acceptors (Lipinski definition) is 5. The van der Waals surface area contributed by atoms with Crippen molar-refractivity contribution < 1.29 is 13.6 Å². The van der Waals surface area contributed by atoms with Gasteiger partial charge in [0.05, 0.1) is 5.25 Å². The molecule has 8 heteroatoms. The van der Waals surface area contributed by atoms with Gasteiger partial charge >= 0.3 is 0 Å². The molecule has 0 saturated carbocycles. The van der Waals surface area contributed by atoms with E-state index in [4.69, 9.17) is 0 Å². The number of nitrogens with one attached hydrogen (secondary N) is 1. The van der Waals surface area contributed by atoms with E-state index in [0.29, 0.717) is 4.34 Å². The van der Waals surface area contributed by atoms with Crippen molar-refractivity contribution in [2.75, 3.05) is 5.32 Å². The molecule has 0 saturated heterocycles. The van der Waals surface area contributed by atoms with Crippen molar-refractivity contribution in [3.05, 3.63) is 34.8 Å². The van der Waals surface area contributed by atoms with Crippen molar-refractivity contribution in [2.24, 2.45) is 0 Å². The molecule has 0 fully saturated rings. The Kier molecular flexibility index (Phi) is 4.66. The molecule has 0 aliphatic heterocycles. The fourth-order valence-electron chi connectivity index (χ4n) is 1.37. The lowest BCUT2D eigenvalue weighted by molar-refractivity contribution is -0.115. The van der Waals surface area contributed by atoms with Crippen molar-refractivity contribution in [2.45, 2.75) is 23.4 Å². The van der Waals surface area contributed by atoms with Crippen LogP contribution < -0.4 is 5.32 Å². The van der Waals surface area contributed by atoms with Crippen LogP contribution in [-0.4, -0.2) is 21.4 Å². The number of hydrogen-bond donors (Lipinski definition) is 1. The van der Waals surface area contributed by atoms with Crippen LogP contribution in [0.4, 0.5) is 14.5 Å². The number of para-hydroxylation sites is 1. The number of anilines is 1. The highest BCUT2D eigenvalue weighted by Gasteiger charge is 2.19. The zero-order valence-electron chi connectivity index (χ0n) is 10.7. The Hall–Kier alpha value is -1.54. The Morgan fingerprint density at radius 2 is 2.00 bits per heavy atom. The molecule has 1 amide bonds. The fourth-order valence-corrected chi connectivity index (χ4v) is 3.33. The summed E-state index contributed by atoms with van der Waals surface area (Å²) in [6.45, 7) is 3.44. The molecule has 1 aromatic carbocycles. The Morgan fingerprint density at radius 1 is 1.35 bits per heavy atom. The highest BCUT2D eigenvalue weighted by atomic mass is 32.2. The van der Waals surface area contributed by atoms with Gasteiger partial charge in [-0.2, -0.15) is 0 Å². The third-order valence-corrected chi connectivity index (χ3v) is 4.39. The van der Waals surface area contributed by atoms with Gasteiger partial charge in [-0.1, -0.05) is 29.2 Å². The van der Waals surface area contributed by atoms with E-state index in [-0.39, 0.29) is 0 Å². The number of nitrogens with zero attached hydrogens (tertiary/aromatic N) is 2. The standard InChI is InChI=1S/C12H11F2N3OS2/c1-6(19-12-17-16-7(2)20-12)11(18)15-10-8(13)4-3-5-9(10)14/h3-6H,1-2H3,(H,15,18)/t6-/m0/s1. The van der Waals surface area contributed by atoms with Crippen LogP contribution in [0.5, 0.6) is 0 Å². The van der Waals surface area contributed by atoms with Crippen LogP contribution in [0.2, 0.25) is 0 Å². The lowest BCUT2D eigenvalue weighted by atomic mass is 10.3. The molecule has 0 unspecified atom stereocenters. The average molecular weight is 315 g/mol. The normalized spacial score (nSPS) is 12.2. The van der Waals surface area contributed by atoms with E-state index in [1.165, 1.54) is 29.2 Å². The number of rotatable bonds is 4. The van der Waals surface area contributed by atoms with Crippen LogP contribution in [0.25, 0.3) is 0 Å². The summed E-state index contributed by atoms with van der Waals surface area (Å²) >= 11 is 2.55. The lowest BCUT2D eigenvalue weighted by Crippen LogP contribution is -2.23. The van der Waals surface area contributed by atoms with E-state index in [1.54, 1.807) is 13.8 Å². The molecule has 1 N–H and O–H groups in total. The zero-order valence-corrected chi connectivity index (χ0v) is 12.3. The number of carbonyl (C=O) groups is 1. The SMILES string of the molecule is Cc1nnc(S[C@@H](C)C(=O)Nc2c(F)cccc2F)s1. The second-order valence-corrected chi connectivity index (χ2v) is 6.70. The minimum atomic E-state index is -0.803. The third-order valence-electron chi connectivity index (χ3n) is 2.37. The van der Waals surface area contributed by atoms with Gasteiger partial charge in [-0.05, 0) is 26.0 Å². The number of aryl methyl sites for hydroxylation is 1. The third kappa shape index (κ3) is 3.51. The Morgan fingerprint density at radius 3 is 2.55 bits per heavy atom.